The Balaban J connectivity index is 3.15. The van der Waals surface area contributed by atoms with Gasteiger partial charge in [0.25, 0.3) is 31.6 Å². The van der Waals surface area contributed by atoms with Gasteiger partial charge in [-0.15, -0.1) is 0 Å². The number of nitrogens with zero attached hydrogens (tertiary/aromatic N) is 3. The van der Waals surface area contributed by atoms with Crippen molar-refractivity contribution in [3.05, 3.63) is 38.4 Å². The van der Waals surface area contributed by atoms with Crippen LogP contribution in [0.1, 0.15) is 0 Å². The number of hydrogen-bond donors (Lipinski definition) is 0. The van der Waals surface area contributed by atoms with E-state index in [2.05, 4.69) is 8.37 Å². The van der Waals surface area contributed by atoms with Crippen molar-refractivity contribution in [2.45, 2.75) is 0 Å². The van der Waals surface area contributed by atoms with E-state index in [0.29, 0.717) is 0 Å². The molecular formula is C12H17N3O10S2. The van der Waals surface area contributed by atoms with Gasteiger partial charge in [-0.25, -0.2) is 0 Å². The average Bonchev–Trinajstić information content (AvgIpc) is 2.50. The fourth-order valence-electron chi connectivity index (χ4n) is 1.99. The topological polar surface area (TPSA) is 176 Å². The SMILES string of the molecule is CS(=O)(=O)OCCN(CCOS(C)(=O)=O)c1ccc([N+](=O)[O-])cc1[N+](=O)[O-]. The zero-order valence-corrected chi connectivity index (χ0v) is 15.9. The summed E-state index contributed by atoms with van der Waals surface area (Å²) in [5.74, 6) is 0. The molecule has 0 aromatic heterocycles. The second-order valence-electron chi connectivity index (χ2n) is 5.23. The van der Waals surface area contributed by atoms with Gasteiger partial charge in [-0.1, -0.05) is 0 Å². The maximum Gasteiger partial charge on any atom is 0.299 e. The monoisotopic (exact) mass is 427 g/mol. The van der Waals surface area contributed by atoms with Crippen molar-refractivity contribution in [3.63, 3.8) is 0 Å². The largest absolute Gasteiger partial charge is 0.361 e. The van der Waals surface area contributed by atoms with E-state index in [1.807, 2.05) is 0 Å². The van der Waals surface area contributed by atoms with Crippen LogP contribution in [0.4, 0.5) is 17.1 Å². The first-order valence-electron chi connectivity index (χ1n) is 7.17. The Hall–Kier alpha value is -2.36. The molecule has 1 aromatic rings. The molecule has 0 aliphatic rings. The molecule has 13 nitrogen and oxygen atoms in total. The summed E-state index contributed by atoms with van der Waals surface area (Å²) in [7, 11) is -7.53. The van der Waals surface area contributed by atoms with Gasteiger partial charge in [0.2, 0.25) is 0 Å². The van der Waals surface area contributed by atoms with Gasteiger partial charge in [-0.3, -0.25) is 28.6 Å². The molecule has 1 rings (SSSR count). The molecule has 0 bridgehead atoms. The van der Waals surface area contributed by atoms with Gasteiger partial charge in [0, 0.05) is 19.2 Å². The van der Waals surface area contributed by atoms with Gasteiger partial charge in [0.15, 0.2) is 0 Å². The highest BCUT2D eigenvalue weighted by atomic mass is 32.2. The Morgan fingerprint density at radius 1 is 0.926 bits per heavy atom. The zero-order valence-electron chi connectivity index (χ0n) is 14.3. The minimum Gasteiger partial charge on any atom is -0.361 e. The summed E-state index contributed by atoms with van der Waals surface area (Å²) < 4.78 is 53.4. The van der Waals surface area contributed by atoms with Gasteiger partial charge in [0.05, 0.1) is 41.6 Å². The molecule has 0 N–H and O–H groups in total. The summed E-state index contributed by atoms with van der Waals surface area (Å²) in [6.45, 7) is -1.13. The highest BCUT2D eigenvalue weighted by molar-refractivity contribution is 7.86. The molecule has 0 spiro atoms. The van der Waals surface area contributed by atoms with Gasteiger partial charge >= 0.3 is 0 Å². The number of anilines is 1. The lowest BCUT2D eigenvalue weighted by Gasteiger charge is -2.23. The summed E-state index contributed by atoms with van der Waals surface area (Å²) >= 11 is 0. The van der Waals surface area contributed by atoms with Gasteiger partial charge < -0.3 is 4.90 Å². The molecule has 0 unspecified atom stereocenters. The Kier molecular flexibility index (Phi) is 7.58. The normalized spacial score (nSPS) is 11.9. The minimum absolute atomic E-state index is 0.0835. The second kappa shape index (κ2) is 9.03. The van der Waals surface area contributed by atoms with E-state index < -0.39 is 41.5 Å². The number of benzene rings is 1. The van der Waals surface area contributed by atoms with E-state index in [1.165, 1.54) is 4.90 Å². The summed E-state index contributed by atoms with van der Waals surface area (Å²) in [6, 6.07) is 2.89. The molecule has 15 heteroatoms. The van der Waals surface area contributed by atoms with E-state index >= 15 is 0 Å². The van der Waals surface area contributed by atoms with Gasteiger partial charge in [-0.05, 0) is 6.07 Å². The third-order valence-corrected chi connectivity index (χ3v) is 4.21. The molecular weight excluding hydrogens is 410 g/mol. The van der Waals surface area contributed by atoms with E-state index in [1.54, 1.807) is 0 Å². The molecule has 0 atom stereocenters. The van der Waals surface area contributed by atoms with E-state index in [4.69, 9.17) is 0 Å². The van der Waals surface area contributed by atoms with E-state index in [9.17, 15) is 37.1 Å². The van der Waals surface area contributed by atoms with Crippen LogP contribution in [0.2, 0.25) is 0 Å². The highest BCUT2D eigenvalue weighted by Gasteiger charge is 2.24. The van der Waals surface area contributed by atoms with Crippen molar-refractivity contribution in [2.75, 3.05) is 43.7 Å². The van der Waals surface area contributed by atoms with Crippen LogP contribution >= 0.6 is 0 Å². The van der Waals surface area contributed by atoms with Gasteiger partial charge in [-0.2, -0.15) is 16.8 Å². The molecule has 152 valence electrons. The third-order valence-electron chi connectivity index (χ3n) is 3.02. The summed E-state index contributed by atoms with van der Waals surface area (Å²) in [4.78, 5) is 21.7. The smallest absolute Gasteiger partial charge is 0.299 e. The van der Waals surface area contributed by atoms with E-state index in [0.717, 1.165) is 30.7 Å². The number of hydrogen-bond acceptors (Lipinski definition) is 11. The number of rotatable bonds is 11. The Bertz CT molecular complexity index is 875. The average molecular weight is 427 g/mol. The van der Waals surface area contributed by atoms with Crippen LogP contribution in [-0.2, 0) is 28.6 Å². The van der Waals surface area contributed by atoms with Crippen LogP contribution in [0.15, 0.2) is 18.2 Å². The molecule has 0 amide bonds. The van der Waals surface area contributed by atoms with Crippen molar-refractivity contribution in [3.8, 4) is 0 Å². The fourth-order valence-corrected chi connectivity index (χ4v) is 2.74. The molecule has 0 saturated heterocycles. The maximum absolute atomic E-state index is 11.3. The van der Waals surface area contributed by atoms with Crippen molar-refractivity contribution < 1.29 is 35.0 Å². The molecule has 0 saturated carbocycles. The molecule has 0 fully saturated rings. The lowest BCUT2D eigenvalue weighted by atomic mass is 10.2. The lowest BCUT2D eigenvalue weighted by molar-refractivity contribution is -0.393. The number of nitro groups is 2. The van der Waals surface area contributed by atoms with Crippen molar-refractivity contribution in [2.24, 2.45) is 0 Å². The van der Waals surface area contributed by atoms with Crippen LogP contribution in [0, 0.1) is 20.2 Å². The molecule has 1 aromatic carbocycles. The number of nitro benzene ring substituents is 2. The van der Waals surface area contributed by atoms with Crippen LogP contribution < -0.4 is 4.90 Å². The summed E-state index contributed by atoms with van der Waals surface area (Å²) in [6.07, 6.45) is 1.64. The second-order valence-corrected chi connectivity index (χ2v) is 8.51. The fraction of sp³-hybridized carbons (Fsp3) is 0.500. The first-order valence-corrected chi connectivity index (χ1v) is 10.8. The third kappa shape index (κ3) is 8.25. The quantitative estimate of drug-likeness (QED) is 0.269. The van der Waals surface area contributed by atoms with Gasteiger partial charge in [0.1, 0.15) is 5.69 Å². The predicted molar refractivity (Wildman–Crippen MR) is 93.6 cm³/mol. The standard InChI is InChI=1S/C12H17N3O10S2/c1-26(20,21)24-7-5-13(6-8-25-27(2,22)23)11-4-3-10(14(16)17)9-12(11)15(18)19/h3-4,9H,5-8H2,1-2H3. The van der Waals surface area contributed by atoms with Crippen LogP contribution in [0.3, 0.4) is 0 Å². The molecule has 27 heavy (non-hydrogen) atoms. The molecule has 0 aliphatic carbocycles. The van der Waals surface area contributed by atoms with Crippen LogP contribution in [0.25, 0.3) is 0 Å². The molecule has 0 radical (unpaired) electrons. The van der Waals surface area contributed by atoms with Crippen LogP contribution in [0.5, 0.6) is 0 Å². The van der Waals surface area contributed by atoms with E-state index in [-0.39, 0.29) is 32.0 Å². The molecule has 0 heterocycles. The Morgan fingerprint density at radius 3 is 1.78 bits per heavy atom. The van der Waals surface area contributed by atoms with Crippen molar-refractivity contribution >= 4 is 37.3 Å². The summed E-state index contributed by atoms with van der Waals surface area (Å²) in [5, 5.41) is 22.1. The van der Waals surface area contributed by atoms with Crippen LogP contribution in [-0.4, -0.2) is 65.5 Å². The minimum atomic E-state index is -3.77. The maximum atomic E-state index is 11.3. The Morgan fingerprint density at radius 2 is 1.41 bits per heavy atom. The van der Waals surface area contributed by atoms with Crippen molar-refractivity contribution in [1.82, 2.24) is 0 Å². The van der Waals surface area contributed by atoms with Crippen molar-refractivity contribution in [1.29, 1.82) is 0 Å². The lowest BCUT2D eigenvalue weighted by Crippen LogP contribution is -2.32. The number of non-ortho nitro benzene ring substituents is 1. The zero-order chi connectivity index (χ0) is 20.8. The molecule has 0 aliphatic heterocycles. The predicted octanol–water partition coefficient (Wildman–Crippen LogP) is 0.262. The first kappa shape index (κ1) is 22.7. The first-order chi connectivity index (χ1) is 12.3. The highest BCUT2D eigenvalue weighted by Crippen LogP contribution is 2.32. The summed E-state index contributed by atoms with van der Waals surface area (Å²) in [5.41, 5.74) is -1.20. The Labute approximate surface area is 155 Å².